The zero-order valence-electron chi connectivity index (χ0n) is 14.8. The lowest BCUT2D eigenvalue weighted by atomic mass is 9.94. The lowest BCUT2D eigenvalue weighted by Crippen LogP contribution is -2.35. The van der Waals surface area contributed by atoms with E-state index in [1.54, 1.807) is 24.3 Å². The van der Waals surface area contributed by atoms with Crippen molar-refractivity contribution >= 4 is 29.1 Å². The van der Waals surface area contributed by atoms with Crippen molar-refractivity contribution in [2.24, 2.45) is 0 Å². The van der Waals surface area contributed by atoms with Gasteiger partial charge in [0.2, 0.25) is 5.91 Å². The maximum Gasteiger partial charge on any atom is 0.255 e. The zero-order chi connectivity index (χ0) is 18.6. The normalized spacial score (nSPS) is 14.5. The highest BCUT2D eigenvalue weighted by molar-refractivity contribution is 6.31. The van der Waals surface area contributed by atoms with Gasteiger partial charge in [-0.05, 0) is 55.2 Å². The molecule has 2 aromatic rings. The summed E-state index contributed by atoms with van der Waals surface area (Å²) in [5.41, 5.74) is 1.83. The van der Waals surface area contributed by atoms with Gasteiger partial charge in [-0.15, -0.1) is 0 Å². The molecule has 2 aromatic carbocycles. The highest BCUT2D eigenvalue weighted by Crippen LogP contribution is 2.48. The number of unbranched alkanes of at least 4 members (excludes halogenated alkanes) is 1. The Morgan fingerprint density at radius 1 is 1.12 bits per heavy atom. The molecule has 1 fully saturated rings. The van der Waals surface area contributed by atoms with Gasteiger partial charge in [0.15, 0.2) is 0 Å². The van der Waals surface area contributed by atoms with E-state index in [-0.39, 0.29) is 17.2 Å². The van der Waals surface area contributed by atoms with Crippen LogP contribution >= 0.6 is 11.6 Å². The maximum atomic E-state index is 12.5. The maximum absolute atomic E-state index is 12.5. The molecule has 2 N–H and O–H groups in total. The van der Waals surface area contributed by atoms with Gasteiger partial charge in [-0.3, -0.25) is 9.59 Å². The fourth-order valence-electron chi connectivity index (χ4n) is 3.03. The van der Waals surface area contributed by atoms with Gasteiger partial charge in [-0.2, -0.15) is 0 Å². The van der Waals surface area contributed by atoms with Crippen LogP contribution in [0.25, 0.3) is 0 Å². The molecular formula is C21H23ClN2O2. The lowest BCUT2D eigenvalue weighted by Gasteiger charge is -2.16. The molecule has 0 aromatic heterocycles. The standard InChI is InChI=1S/C21H23ClN2O2/c1-2-3-13-23-20(26)21(11-12-21)16-7-9-18(10-8-16)24-19(25)15-5-4-6-17(22)14-15/h4-10,14H,2-3,11-13H2,1H3,(H,23,26)(H,24,25). The number of anilines is 1. The molecule has 0 unspecified atom stereocenters. The van der Waals surface area contributed by atoms with Crippen LogP contribution in [0, 0.1) is 0 Å². The van der Waals surface area contributed by atoms with Crippen LogP contribution in [-0.2, 0) is 10.2 Å². The van der Waals surface area contributed by atoms with E-state index in [0.717, 1.165) is 37.8 Å². The number of halogens is 1. The Morgan fingerprint density at radius 3 is 2.46 bits per heavy atom. The second-order valence-corrected chi connectivity index (χ2v) is 7.17. The van der Waals surface area contributed by atoms with E-state index in [4.69, 9.17) is 11.6 Å². The lowest BCUT2D eigenvalue weighted by molar-refractivity contribution is -0.123. The van der Waals surface area contributed by atoms with Crippen LogP contribution < -0.4 is 10.6 Å². The average molecular weight is 371 g/mol. The van der Waals surface area contributed by atoms with Gasteiger partial charge >= 0.3 is 0 Å². The summed E-state index contributed by atoms with van der Waals surface area (Å²) >= 11 is 5.93. The molecule has 0 heterocycles. The van der Waals surface area contributed by atoms with E-state index >= 15 is 0 Å². The summed E-state index contributed by atoms with van der Waals surface area (Å²) in [5.74, 6) is -0.0969. The number of amides is 2. The number of nitrogens with one attached hydrogen (secondary N) is 2. The Labute approximate surface area is 158 Å². The molecule has 136 valence electrons. The first-order valence-electron chi connectivity index (χ1n) is 9.01. The van der Waals surface area contributed by atoms with Gasteiger partial charge < -0.3 is 10.6 Å². The van der Waals surface area contributed by atoms with Crippen molar-refractivity contribution in [3.8, 4) is 0 Å². The van der Waals surface area contributed by atoms with Crippen LogP contribution in [0.15, 0.2) is 48.5 Å². The van der Waals surface area contributed by atoms with Gasteiger partial charge in [0, 0.05) is 22.8 Å². The fourth-order valence-corrected chi connectivity index (χ4v) is 3.22. The second kappa shape index (κ2) is 7.92. The Kier molecular flexibility index (Phi) is 5.62. The highest BCUT2D eigenvalue weighted by atomic mass is 35.5. The first kappa shape index (κ1) is 18.5. The van der Waals surface area contributed by atoms with Crippen molar-refractivity contribution in [3.63, 3.8) is 0 Å². The van der Waals surface area contributed by atoms with E-state index in [9.17, 15) is 9.59 Å². The van der Waals surface area contributed by atoms with Crippen molar-refractivity contribution < 1.29 is 9.59 Å². The minimum Gasteiger partial charge on any atom is -0.355 e. The first-order chi connectivity index (χ1) is 12.5. The summed E-state index contributed by atoms with van der Waals surface area (Å²) in [5, 5.41) is 6.42. The molecule has 0 spiro atoms. The van der Waals surface area contributed by atoms with Crippen LogP contribution in [0.1, 0.15) is 48.5 Å². The van der Waals surface area contributed by atoms with Crippen LogP contribution in [0.2, 0.25) is 5.02 Å². The number of carbonyl (C=O) groups excluding carboxylic acids is 2. The summed E-state index contributed by atoms with van der Waals surface area (Å²) in [6.45, 7) is 2.83. The number of carbonyl (C=O) groups is 2. The molecule has 0 atom stereocenters. The molecule has 1 aliphatic carbocycles. The molecule has 0 radical (unpaired) electrons. The van der Waals surface area contributed by atoms with Crippen molar-refractivity contribution in [1.82, 2.24) is 5.32 Å². The average Bonchev–Trinajstić information content (AvgIpc) is 3.44. The third kappa shape index (κ3) is 4.07. The number of hydrogen-bond acceptors (Lipinski definition) is 2. The Balaban J connectivity index is 1.65. The first-order valence-corrected chi connectivity index (χ1v) is 9.39. The Morgan fingerprint density at radius 2 is 1.85 bits per heavy atom. The van der Waals surface area contributed by atoms with Gasteiger partial charge in [-0.25, -0.2) is 0 Å². The number of benzene rings is 2. The minimum absolute atomic E-state index is 0.113. The van der Waals surface area contributed by atoms with Crippen LogP contribution in [0.3, 0.4) is 0 Å². The summed E-state index contributed by atoms with van der Waals surface area (Å²) in [4.78, 5) is 24.8. The van der Waals surface area contributed by atoms with Crippen molar-refractivity contribution in [2.75, 3.05) is 11.9 Å². The highest BCUT2D eigenvalue weighted by Gasteiger charge is 2.50. The zero-order valence-corrected chi connectivity index (χ0v) is 15.6. The van der Waals surface area contributed by atoms with E-state index in [1.807, 2.05) is 24.3 Å². The smallest absolute Gasteiger partial charge is 0.255 e. The molecule has 1 aliphatic rings. The molecule has 2 amide bonds. The quantitative estimate of drug-likeness (QED) is 0.703. The Hall–Kier alpha value is -2.33. The molecule has 4 nitrogen and oxygen atoms in total. The molecule has 0 bridgehead atoms. The summed E-state index contributed by atoms with van der Waals surface area (Å²) in [7, 11) is 0. The van der Waals surface area contributed by atoms with Crippen LogP contribution in [0.5, 0.6) is 0 Å². The molecule has 5 heteroatoms. The van der Waals surface area contributed by atoms with Crippen molar-refractivity contribution in [3.05, 3.63) is 64.7 Å². The van der Waals surface area contributed by atoms with E-state index < -0.39 is 0 Å². The summed E-state index contributed by atoms with van der Waals surface area (Å²) in [6.07, 6.45) is 3.81. The largest absolute Gasteiger partial charge is 0.355 e. The second-order valence-electron chi connectivity index (χ2n) is 6.73. The van der Waals surface area contributed by atoms with Crippen LogP contribution in [-0.4, -0.2) is 18.4 Å². The molecule has 3 rings (SSSR count). The van der Waals surface area contributed by atoms with E-state index in [0.29, 0.717) is 16.3 Å². The molecule has 1 saturated carbocycles. The van der Waals surface area contributed by atoms with Gasteiger partial charge in [0.05, 0.1) is 5.41 Å². The van der Waals surface area contributed by atoms with Gasteiger partial charge in [0.25, 0.3) is 5.91 Å². The monoisotopic (exact) mass is 370 g/mol. The molecular weight excluding hydrogens is 348 g/mol. The van der Waals surface area contributed by atoms with Crippen LogP contribution in [0.4, 0.5) is 5.69 Å². The summed E-state index contributed by atoms with van der Waals surface area (Å²) in [6, 6.07) is 14.4. The molecule has 26 heavy (non-hydrogen) atoms. The van der Waals surface area contributed by atoms with Crippen molar-refractivity contribution in [1.29, 1.82) is 0 Å². The van der Waals surface area contributed by atoms with E-state index in [2.05, 4.69) is 17.6 Å². The van der Waals surface area contributed by atoms with Crippen molar-refractivity contribution in [2.45, 2.75) is 38.0 Å². The number of rotatable bonds is 7. The minimum atomic E-state index is -0.386. The van der Waals surface area contributed by atoms with E-state index in [1.165, 1.54) is 0 Å². The van der Waals surface area contributed by atoms with Gasteiger partial charge in [0.1, 0.15) is 0 Å². The van der Waals surface area contributed by atoms with Gasteiger partial charge in [-0.1, -0.05) is 43.1 Å². The topological polar surface area (TPSA) is 58.2 Å². The number of hydrogen-bond donors (Lipinski definition) is 2. The fraction of sp³-hybridized carbons (Fsp3) is 0.333. The third-order valence-electron chi connectivity index (χ3n) is 4.78. The third-order valence-corrected chi connectivity index (χ3v) is 5.02. The molecule has 0 aliphatic heterocycles. The summed E-state index contributed by atoms with van der Waals surface area (Å²) < 4.78 is 0. The predicted octanol–water partition coefficient (Wildman–Crippen LogP) is 4.54. The Bertz CT molecular complexity index is 798. The SMILES string of the molecule is CCCCNC(=O)C1(c2ccc(NC(=O)c3cccc(Cl)c3)cc2)CC1. The molecule has 0 saturated heterocycles. The predicted molar refractivity (Wildman–Crippen MR) is 105 cm³/mol.